The zero-order valence-electron chi connectivity index (χ0n) is 16.4. The van der Waals surface area contributed by atoms with E-state index in [1.807, 2.05) is 31.2 Å². The van der Waals surface area contributed by atoms with Crippen molar-refractivity contribution in [1.29, 1.82) is 0 Å². The van der Waals surface area contributed by atoms with Gasteiger partial charge in [0.25, 0.3) is 11.5 Å². The summed E-state index contributed by atoms with van der Waals surface area (Å²) in [6.07, 6.45) is 3.01. The summed E-state index contributed by atoms with van der Waals surface area (Å²) in [6, 6.07) is 13.3. The molecular formula is C22H20FN5O2. The number of benzene rings is 2. The van der Waals surface area contributed by atoms with Crippen molar-refractivity contribution in [2.75, 3.05) is 6.54 Å². The van der Waals surface area contributed by atoms with Crippen molar-refractivity contribution in [1.82, 2.24) is 24.6 Å². The molecule has 0 aliphatic rings. The molecule has 0 saturated carbocycles. The highest BCUT2D eigenvalue weighted by Crippen LogP contribution is 2.08. The van der Waals surface area contributed by atoms with Crippen molar-refractivity contribution in [2.45, 2.75) is 20.0 Å². The van der Waals surface area contributed by atoms with Crippen LogP contribution in [0.15, 0.2) is 65.8 Å². The molecule has 4 aromatic rings. The zero-order valence-corrected chi connectivity index (χ0v) is 16.4. The van der Waals surface area contributed by atoms with Gasteiger partial charge in [0, 0.05) is 12.1 Å². The predicted molar refractivity (Wildman–Crippen MR) is 111 cm³/mol. The number of fused-ring (bicyclic) bond motifs is 1. The van der Waals surface area contributed by atoms with Gasteiger partial charge in [-0.15, -0.1) is 0 Å². The molecule has 0 fully saturated rings. The minimum Gasteiger partial charge on any atom is -0.350 e. The number of nitrogens with zero attached hydrogens (tertiary/aromatic N) is 4. The van der Waals surface area contributed by atoms with Crippen LogP contribution in [0.1, 0.15) is 21.5 Å². The number of rotatable bonds is 6. The molecule has 1 amide bonds. The lowest BCUT2D eigenvalue weighted by Gasteiger charge is -2.08. The van der Waals surface area contributed by atoms with Crippen LogP contribution in [0.2, 0.25) is 0 Å². The maximum absolute atomic E-state index is 13.0. The van der Waals surface area contributed by atoms with Crippen LogP contribution >= 0.6 is 0 Å². The number of amides is 1. The normalized spacial score (nSPS) is 11.0. The first kappa shape index (κ1) is 19.5. The third kappa shape index (κ3) is 4.12. The monoisotopic (exact) mass is 405 g/mol. The highest BCUT2D eigenvalue weighted by Gasteiger charge is 2.11. The molecule has 0 aliphatic carbocycles. The van der Waals surface area contributed by atoms with Crippen LogP contribution in [-0.2, 0) is 13.1 Å². The van der Waals surface area contributed by atoms with Crippen LogP contribution in [0.4, 0.5) is 4.39 Å². The summed E-state index contributed by atoms with van der Waals surface area (Å²) in [4.78, 5) is 29.3. The number of nitrogens with one attached hydrogen (secondary N) is 1. The maximum Gasteiger partial charge on any atom is 0.264 e. The van der Waals surface area contributed by atoms with Gasteiger partial charge in [0.1, 0.15) is 17.5 Å². The van der Waals surface area contributed by atoms with Crippen LogP contribution in [0.5, 0.6) is 0 Å². The third-order valence-corrected chi connectivity index (χ3v) is 4.81. The van der Waals surface area contributed by atoms with Gasteiger partial charge in [-0.1, -0.05) is 29.8 Å². The standard InChI is InChI=1S/C22H20FN5O2/c1-15-2-4-16(5-3-15)13-27-14-25-20-19(22(27)30)12-26-28(20)11-10-24-21(29)17-6-8-18(23)9-7-17/h2-9,12,14H,10-11,13H2,1H3,(H,24,29). The van der Waals surface area contributed by atoms with E-state index in [0.717, 1.165) is 11.1 Å². The zero-order chi connectivity index (χ0) is 21.1. The van der Waals surface area contributed by atoms with Crippen molar-refractivity contribution in [3.63, 3.8) is 0 Å². The average molecular weight is 405 g/mol. The van der Waals surface area contributed by atoms with Gasteiger partial charge in [0.05, 0.1) is 19.3 Å². The van der Waals surface area contributed by atoms with Crippen LogP contribution in [0.25, 0.3) is 11.0 Å². The average Bonchev–Trinajstić information content (AvgIpc) is 3.16. The number of aromatic nitrogens is 4. The first-order valence-electron chi connectivity index (χ1n) is 9.51. The highest BCUT2D eigenvalue weighted by molar-refractivity contribution is 5.94. The Balaban J connectivity index is 1.45. The molecule has 0 aliphatic heterocycles. The molecule has 152 valence electrons. The predicted octanol–water partition coefficient (Wildman–Crippen LogP) is 2.52. The van der Waals surface area contributed by atoms with Crippen LogP contribution in [-0.4, -0.2) is 31.8 Å². The highest BCUT2D eigenvalue weighted by atomic mass is 19.1. The lowest BCUT2D eigenvalue weighted by molar-refractivity contribution is 0.0952. The summed E-state index contributed by atoms with van der Waals surface area (Å²) in [5, 5.41) is 7.41. The SMILES string of the molecule is Cc1ccc(Cn2cnc3c(cnn3CCNC(=O)c3ccc(F)cc3)c2=O)cc1. The Labute approximate surface area is 171 Å². The van der Waals surface area contributed by atoms with E-state index in [9.17, 15) is 14.0 Å². The third-order valence-electron chi connectivity index (χ3n) is 4.81. The molecule has 7 nitrogen and oxygen atoms in total. The molecule has 0 radical (unpaired) electrons. The van der Waals surface area contributed by atoms with E-state index in [2.05, 4.69) is 15.4 Å². The largest absolute Gasteiger partial charge is 0.350 e. The summed E-state index contributed by atoms with van der Waals surface area (Å²) >= 11 is 0. The van der Waals surface area contributed by atoms with Gasteiger partial charge in [0.15, 0.2) is 5.65 Å². The number of halogens is 1. The Hall–Kier alpha value is -3.81. The van der Waals surface area contributed by atoms with Crippen LogP contribution in [0.3, 0.4) is 0 Å². The first-order chi connectivity index (χ1) is 14.5. The minimum atomic E-state index is -0.395. The Morgan fingerprint density at radius 3 is 2.57 bits per heavy atom. The second-order valence-electron chi connectivity index (χ2n) is 7.03. The van der Waals surface area contributed by atoms with E-state index < -0.39 is 5.82 Å². The molecule has 0 saturated heterocycles. The Morgan fingerprint density at radius 1 is 1.10 bits per heavy atom. The molecule has 30 heavy (non-hydrogen) atoms. The van der Waals surface area contributed by atoms with Crippen molar-refractivity contribution in [3.8, 4) is 0 Å². The van der Waals surface area contributed by atoms with Gasteiger partial charge in [0.2, 0.25) is 0 Å². The first-order valence-corrected chi connectivity index (χ1v) is 9.51. The second kappa shape index (κ2) is 8.28. The molecule has 0 bridgehead atoms. The molecule has 8 heteroatoms. The van der Waals surface area contributed by atoms with E-state index in [0.29, 0.717) is 36.2 Å². The minimum absolute atomic E-state index is 0.165. The molecule has 0 atom stereocenters. The fourth-order valence-electron chi connectivity index (χ4n) is 3.14. The topological polar surface area (TPSA) is 81.8 Å². The van der Waals surface area contributed by atoms with Gasteiger partial charge in [-0.05, 0) is 36.8 Å². The van der Waals surface area contributed by atoms with Crippen molar-refractivity contribution in [2.24, 2.45) is 0 Å². The number of aryl methyl sites for hydroxylation is 1. The summed E-state index contributed by atoms with van der Waals surface area (Å²) in [6.45, 7) is 3.09. The summed E-state index contributed by atoms with van der Waals surface area (Å²) < 4.78 is 16.1. The van der Waals surface area contributed by atoms with Crippen molar-refractivity contribution in [3.05, 3.63) is 93.9 Å². The fourth-order valence-corrected chi connectivity index (χ4v) is 3.14. The van der Waals surface area contributed by atoms with Gasteiger partial charge in [-0.2, -0.15) is 5.10 Å². The van der Waals surface area contributed by atoms with Gasteiger partial charge in [-0.3, -0.25) is 14.2 Å². The van der Waals surface area contributed by atoms with Crippen molar-refractivity contribution >= 4 is 16.9 Å². The number of hydrogen-bond donors (Lipinski definition) is 1. The summed E-state index contributed by atoms with van der Waals surface area (Å²) in [5.74, 6) is -0.700. The molecular weight excluding hydrogens is 385 g/mol. The van der Waals surface area contributed by atoms with Crippen molar-refractivity contribution < 1.29 is 9.18 Å². The second-order valence-corrected chi connectivity index (χ2v) is 7.03. The number of carbonyl (C=O) groups excluding carboxylic acids is 1. The van der Waals surface area contributed by atoms with E-state index in [4.69, 9.17) is 0 Å². The fraction of sp³-hybridized carbons (Fsp3) is 0.182. The Kier molecular flexibility index (Phi) is 5.38. The smallest absolute Gasteiger partial charge is 0.264 e. The molecule has 2 heterocycles. The molecule has 0 unspecified atom stereocenters. The summed E-state index contributed by atoms with van der Waals surface area (Å²) in [5.41, 5.74) is 2.85. The van der Waals surface area contributed by atoms with E-state index in [-0.39, 0.29) is 11.5 Å². The van der Waals surface area contributed by atoms with E-state index >= 15 is 0 Å². The van der Waals surface area contributed by atoms with Gasteiger partial charge >= 0.3 is 0 Å². The van der Waals surface area contributed by atoms with Gasteiger partial charge < -0.3 is 5.32 Å². The van der Waals surface area contributed by atoms with Crippen LogP contribution in [0, 0.1) is 12.7 Å². The Morgan fingerprint density at radius 2 is 1.83 bits per heavy atom. The lowest BCUT2D eigenvalue weighted by Crippen LogP contribution is -2.27. The molecule has 2 aromatic carbocycles. The molecule has 0 spiro atoms. The number of carbonyl (C=O) groups is 1. The van der Waals surface area contributed by atoms with E-state index in [1.165, 1.54) is 36.8 Å². The lowest BCUT2D eigenvalue weighted by atomic mass is 10.1. The maximum atomic E-state index is 13.0. The molecule has 4 rings (SSSR count). The molecule has 2 aromatic heterocycles. The van der Waals surface area contributed by atoms with E-state index in [1.54, 1.807) is 9.25 Å². The van der Waals surface area contributed by atoms with Gasteiger partial charge in [-0.25, -0.2) is 14.1 Å². The number of hydrogen-bond acceptors (Lipinski definition) is 4. The Bertz CT molecular complexity index is 1240. The summed E-state index contributed by atoms with van der Waals surface area (Å²) in [7, 11) is 0. The van der Waals surface area contributed by atoms with Crippen LogP contribution < -0.4 is 10.9 Å². The quantitative estimate of drug-likeness (QED) is 0.534. The molecule has 1 N–H and O–H groups in total.